The van der Waals surface area contributed by atoms with Gasteiger partial charge in [-0.3, -0.25) is 19.2 Å². The van der Waals surface area contributed by atoms with Crippen LogP contribution in [0.2, 0.25) is 0 Å². The summed E-state index contributed by atoms with van der Waals surface area (Å²) in [6.45, 7) is 8.70. The van der Waals surface area contributed by atoms with Crippen LogP contribution in [0.15, 0.2) is 0 Å². The second-order valence-corrected chi connectivity index (χ2v) is 6.51. The molecular formula is C21H39NO8. The van der Waals surface area contributed by atoms with Crippen LogP contribution in [0, 0.1) is 0 Å². The molecule has 9 heteroatoms. The third kappa shape index (κ3) is 22.1. The number of rotatable bonds is 15. The molecule has 0 heterocycles. The zero-order valence-electron chi connectivity index (χ0n) is 19.2. The van der Waals surface area contributed by atoms with Gasteiger partial charge in [-0.1, -0.05) is 40.5 Å². The SMILES string of the molecule is CCCCC(=O)OCOC(=O)CC.CCCCC(=O)OCOC(=O)CCN(C)CC. The quantitative estimate of drug-likeness (QED) is 0.284. The molecule has 0 aromatic carbocycles. The van der Waals surface area contributed by atoms with Crippen molar-refractivity contribution in [1.29, 1.82) is 0 Å². The van der Waals surface area contributed by atoms with Crippen LogP contribution in [0.5, 0.6) is 0 Å². The van der Waals surface area contributed by atoms with Gasteiger partial charge in [-0.05, 0) is 26.4 Å². The fourth-order valence-electron chi connectivity index (χ4n) is 1.72. The highest BCUT2D eigenvalue weighted by molar-refractivity contribution is 5.71. The maximum absolute atomic E-state index is 11.2. The highest BCUT2D eigenvalue weighted by Crippen LogP contribution is 1.98. The highest BCUT2D eigenvalue weighted by atomic mass is 16.7. The van der Waals surface area contributed by atoms with Gasteiger partial charge in [0, 0.05) is 25.8 Å². The number of hydrogen-bond acceptors (Lipinski definition) is 9. The number of carbonyl (C=O) groups excluding carboxylic acids is 4. The molecule has 0 aliphatic rings. The van der Waals surface area contributed by atoms with E-state index in [1.807, 2.05) is 32.7 Å². The first kappa shape index (κ1) is 30.0. The second kappa shape index (κ2) is 21.5. The van der Waals surface area contributed by atoms with Gasteiger partial charge in [0.25, 0.3) is 0 Å². The monoisotopic (exact) mass is 433 g/mol. The Kier molecular flexibility index (Phi) is 21.6. The first-order chi connectivity index (χ1) is 14.3. The molecule has 0 amide bonds. The van der Waals surface area contributed by atoms with E-state index in [1.54, 1.807) is 6.92 Å². The van der Waals surface area contributed by atoms with Crippen LogP contribution in [0.25, 0.3) is 0 Å². The average Bonchev–Trinajstić information content (AvgIpc) is 2.74. The topological polar surface area (TPSA) is 108 Å². The zero-order chi connectivity index (χ0) is 23.2. The van der Waals surface area contributed by atoms with E-state index in [4.69, 9.17) is 9.47 Å². The summed E-state index contributed by atoms with van der Waals surface area (Å²) in [6, 6.07) is 0. The smallest absolute Gasteiger partial charge is 0.309 e. The molecule has 0 spiro atoms. The minimum Gasteiger partial charge on any atom is -0.428 e. The lowest BCUT2D eigenvalue weighted by atomic mass is 10.3. The number of esters is 4. The van der Waals surface area contributed by atoms with Crippen molar-refractivity contribution in [2.24, 2.45) is 0 Å². The minimum atomic E-state index is -0.358. The molecule has 0 aliphatic heterocycles. The maximum atomic E-state index is 11.2. The van der Waals surface area contributed by atoms with Crippen molar-refractivity contribution in [3.05, 3.63) is 0 Å². The van der Waals surface area contributed by atoms with E-state index in [0.717, 1.165) is 32.2 Å². The molecule has 0 fully saturated rings. The molecule has 0 bridgehead atoms. The van der Waals surface area contributed by atoms with Gasteiger partial charge in [-0.25, -0.2) is 0 Å². The number of nitrogens with zero attached hydrogens (tertiary/aromatic N) is 1. The lowest BCUT2D eigenvalue weighted by molar-refractivity contribution is -0.169. The Labute approximate surface area is 180 Å². The Morgan fingerprint density at radius 2 is 1.03 bits per heavy atom. The van der Waals surface area contributed by atoms with Crippen LogP contribution >= 0.6 is 0 Å². The molecule has 0 saturated heterocycles. The van der Waals surface area contributed by atoms with Gasteiger partial charge in [-0.2, -0.15) is 0 Å². The molecule has 0 radical (unpaired) electrons. The molecule has 30 heavy (non-hydrogen) atoms. The molecule has 0 aromatic rings. The molecule has 0 rings (SSSR count). The fourth-order valence-corrected chi connectivity index (χ4v) is 1.72. The number of ether oxygens (including phenoxy) is 4. The molecular weight excluding hydrogens is 394 g/mol. The van der Waals surface area contributed by atoms with E-state index in [-0.39, 0.29) is 37.5 Å². The summed E-state index contributed by atoms with van der Waals surface area (Å²) >= 11 is 0. The van der Waals surface area contributed by atoms with Crippen LogP contribution in [0.4, 0.5) is 0 Å². The van der Waals surface area contributed by atoms with Crippen molar-refractivity contribution >= 4 is 23.9 Å². The summed E-state index contributed by atoms with van der Waals surface area (Å²) < 4.78 is 18.7. The summed E-state index contributed by atoms with van der Waals surface area (Å²) in [6.07, 6.45) is 4.88. The normalized spacial score (nSPS) is 9.93. The van der Waals surface area contributed by atoms with Gasteiger partial charge in [0.1, 0.15) is 0 Å². The molecule has 0 unspecified atom stereocenters. The minimum absolute atomic E-state index is 0.255. The van der Waals surface area contributed by atoms with Crippen LogP contribution in [-0.4, -0.2) is 62.5 Å². The van der Waals surface area contributed by atoms with E-state index in [1.165, 1.54) is 0 Å². The predicted octanol–water partition coefficient (Wildman–Crippen LogP) is 3.19. The lowest BCUT2D eigenvalue weighted by Gasteiger charge is -2.12. The second-order valence-electron chi connectivity index (χ2n) is 6.51. The molecule has 0 N–H and O–H groups in total. The molecule has 9 nitrogen and oxygen atoms in total. The van der Waals surface area contributed by atoms with Gasteiger partial charge in [0.2, 0.25) is 13.6 Å². The number of carbonyl (C=O) groups is 4. The molecule has 0 aliphatic carbocycles. The third-order valence-electron chi connectivity index (χ3n) is 3.87. The van der Waals surface area contributed by atoms with Crippen molar-refractivity contribution in [3.8, 4) is 0 Å². The molecule has 0 atom stereocenters. The largest absolute Gasteiger partial charge is 0.428 e. The fraction of sp³-hybridized carbons (Fsp3) is 0.810. The highest BCUT2D eigenvalue weighted by Gasteiger charge is 2.07. The van der Waals surface area contributed by atoms with E-state index in [9.17, 15) is 19.2 Å². The summed E-state index contributed by atoms with van der Waals surface area (Å²) in [5, 5.41) is 0. The number of unbranched alkanes of at least 4 members (excludes halogenated alkanes) is 2. The van der Waals surface area contributed by atoms with Gasteiger partial charge < -0.3 is 23.8 Å². The maximum Gasteiger partial charge on any atom is 0.309 e. The Balaban J connectivity index is 0. The summed E-state index contributed by atoms with van der Waals surface area (Å²) in [5.41, 5.74) is 0. The van der Waals surface area contributed by atoms with E-state index in [2.05, 4.69) is 9.47 Å². The van der Waals surface area contributed by atoms with Gasteiger partial charge >= 0.3 is 23.9 Å². The molecule has 176 valence electrons. The molecule has 0 aromatic heterocycles. The first-order valence-corrected chi connectivity index (χ1v) is 10.6. The summed E-state index contributed by atoms with van der Waals surface area (Å²) in [5.74, 6) is -1.33. The van der Waals surface area contributed by atoms with Crippen molar-refractivity contribution in [1.82, 2.24) is 4.90 Å². The van der Waals surface area contributed by atoms with Crippen molar-refractivity contribution < 1.29 is 38.1 Å². The Bertz CT molecular complexity index is 482. The van der Waals surface area contributed by atoms with Crippen molar-refractivity contribution in [2.45, 2.75) is 79.1 Å². The third-order valence-corrected chi connectivity index (χ3v) is 3.87. The van der Waals surface area contributed by atoms with Crippen LogP contribution < -0.4 is 0 Å². The average molecular weight is 434 g/mol. The Morgan fingerprint density at radius 3 is 1.40 bits per heavy atom. The van der Waals surface area contributed by atoms with Crippen LogP contribution in [0.1, 0.15) is 79.1 Å². The van der Waals surface area contributed by atoms with E-state index in [0.29, 0.717) is 32.2 Å². The summed E-state index contributed by atoms with van der Waals surface area (Å²) in [7, 11) is 1.93. The summed E-state index contributed by atoms with van der Waals surface area (Å²) in [4.78, 5) is 45.8. The number of hydrogen-bond donors (Lipinski definition) is 0. The van der Waals surface area contributed by atoms with Gasteiger partial charge in [0.05, 0.1) is 6.42 Å². The Hall–Kier alpha value is -2.16. The van der Waals surface area contributed by atoms with Gasteiger partial charge in [-0.15, -0.1) is 0 Å². The van der Waals surface area contributed by atoms with Crippen molar-refractivity contribution in [2.75, 3.05) is 33.7 Å². The van der Waals surface area contributed by atoms with Crippen LogP contribution in [0.3, 0.4) is 0 Å². The lowest BCUT2D eigenvalue weighted by Crippen LogP contribution is -2.22. The first-order valence-electron chi connectivity index (χ1n) is 10.6. The van der Waals surface area contributed by atoms with E-state index < -0.39 is 0 Å². The predicted molar refractivity (Wildman–Crippen MR) is 111 cm³/mol. The van der Waals surface area contributed by atoms with Gasteiger partial charge in [0.15, 0.2) is 0 Å². The van der Waals surface area contributed by atoms with Crippen LogP contribution in [-0.2, 0) is 38.1 Å². The zero-order valence-corrected chi connectivity index (χ0v) is 19.2. The standard InChI is InChI=1S/C12H23NO4.C9H16O4/c1-4-6-7-11(14)16-10-17-12(15)8-9-13(3)5-2;1-3-5-6-9(11)13-7-12-8(10)4-2/h4-10H2,1-3H3;3-7H2,1-2H3. The van der Waals surface area contributed by atoms with E-state index >= 15 is 0 Å². The molecule has 0 saturated carbocycles. The van der Waals surface area contributed by atoms with Crippen molar-refractivity contribution in [3.63, 3.8) is 0 Å². The Morgan fingerprint density at radius 1 is 0.633 bits per heavy atom.